The van der Waals surface area contributed by atoms with Crippen molar-refractivity contribution in [1.29, 1.82) is 0 Å². The number of aromatic nitrogens is 2. The van der Waals surface area contributed by atoms with Gasteiger partial charge in [0.15, 0.2) is 11.5 Å². The van der Waals surface area contributed by atoms with Crippen LogP contribution in [0.25, 0.3) is 0 Å². The van der Waals surface area contributed by atoms with Crippen molar-refractivity contribution in [2.24, 2.45) is 0 Å². The van der Waals surface area contributed by atoms with Crippen LogP contribution in [-0.2, 0) is 46.6 Å². The molecule has 0 unspecified atom stereocenters. The molecule has 8 amide bonds. The predicted octanol–water partition coefficient (Wildman–Crippen LogP) is 6.22. The molecule has 0 aliphatic carbocycles. The first-order valence-electron chi connectivity index (χ1n) is 23.0. The van der Waals surface area contributed by atoms with E-state index in [2.05, 4.69) is 35.4 Å². The van der Waals surface area contributed by atoms with Crippen LogP contribution in [0, 0.1) is 0 Å². The molecule has 4 aromatic rings. The lowest BCUT2D eigenvalue weighted by atomic mass is 10.0. The molecule has 0 radical (unpaired) electrons. The normalized spacial score (nSPS) is 15.0. The Morgan fingerprint density at radius 3 is 1.36 bits per heavy atom. The van der Waals surface area contributed by atoms with Crippen molar-refractivity contribution in [2.45, 2.75) is 70.8 Å². The summed E-state index contributed by atoms with van der Waals surface area (Å²) in [6, 6.07) is 11.5. The van der Waals surface area contributed by atoms with Crippen molar-refractivity contribution in [1.82, 2.24) is 30.0 Å². The summed E-state index contributed by atoms with van der Waals surface area (Å²) in [6.45, 7) is 5.94. The molecule has 0 spiro atoms. The molecule has 0 bridgehead atoms. The minimum Gasteiger partial charge on any atom is -0.480 e. The zero-order chi connectivity index (χ0) is 60.1. The van der Waals surface area contributed by atoms with E-state index in [1.807, 2.05) is 0 Å². The topological polar surface area (TPSA) is 283 Å². The molecule has 6 rings (SSSR count). The number of halogens is 9. The molecule has 32 heteroatoms. The largest absolute Gasteiger partial charge is 0.573 e. The second kappa shape index (κ2) is 26.3. The lowest BCUT2D eigenvalue weighted by molar-refractivity contribution is -0.275. The van der Waals surface area contributed by atoms with Gasteiger partial charge in [-0.05, 0) is 107 Å². The van der Waals surface area contributed by atoms with Crippen LogP contribution >= 0.6 is 0 Å². The maximum atomic E-state index is 13.3. The van der Waals surface area contributed by atoms with Gasteiger partial charge >= 0.3 is 42.9 Å². The summed E-state index contributed by atoms with van der Waals surface area (Å²) in [6.07, 6.45) is -9.03. The van der Waals surface area contributed by atoms with Gasteiger partial charge in [-0.2, -0.15) is 13.2 Å². The Kier molecular flexibility index (Phi) is 21.0. The summed E-state index contributed by atoms with van der Waals surface area (Å²) in [4.78, 5) is 111. The third-order valence-electron chi connectivity index (χ3n) is 11.2. The summed E-state index contributed by atoms with van der Waals surface area (Å²) >= 11 is 0. The lowest BCUT2D eigenvalue weighted by Crippen LogP contribution is -2.43. The highest BCUT2D eigenvalue weighted by molar-refractivity contribution is 6.24. The number of ether oxygens (including phenoxy) is 3. The number of anilines is 4. The molecule has 2 aromatic carbocycles. The molecule has 5 N–H and O–H groups in total. The number of hydrogen-bond acceptors (Lipinski definition) is 15. The minimum atomic E-state index is -5.09. The molecule has 0 atom stereocenters. The van der Waals surface area contributed by atoms with Crippen LogP contribution in [0.4, 0.5) is 71.9 Å². The van der Waals surface area contributed by atoms with E-state index in [9.17, 15) is 73.1 Å². The first-order chi connectivity index (χ1) is 37.1. The van der Waals surface area contributed by atoms with Crippen LogP contribution in [-0.4, -0.2) is 159 Å². The summed E-state index contributed by atoms with van der Waals surface area (Å²) in [5, 5.41) is 22.6. The summed E-state index contributed by atoms with van der Waals surface area (Å²) in [5.41, 5.74) is -2.01. The lowest BCUT2D eigenvalue weighted by Gasteiger charge is -2.27. The highest BCUT2D eigenvalue weighted by atomic mass is 19.4. The van der Waals surface area contributed by atoms with E-state index in [0.717, 1.165) is 51.8 Å². The smallest absolute Gasteiger partial charge is 0.480 e. The van der Waals surface area contributed by atoms with Crippen molar-refractivity contribution < 1.29 is 102 Å². The number of nitrogens with one attached hydrogen (secondary N) is 3. The van der Waals surface area contributed by atoms with E-state index < -0.39 is 108 Å². The maximum Gasteiger partial charge on any atom is 0.573 e. The number of hydrogen-bond donors (Lipinski definition) is 5. The van der Waals surface area contributed by atoms with Crippen molar-refractivity contribution in [3.05, 3.63) is 96.6 Å². The molecule has 4 heterocycles. The number of urea groups is 2. The van der Waals surface area contributed by atoms with Gasteiger partial charge in [-0.25, -0.2) is 24.2 Å². The molecule has 23 nitrogen and oxygen atoms in total. The van der Waals surface area contributed by atoms with Gasteiger partial charge in [0.1, 0.15) is 11.1 Å². The summed E-state index contributed by atoms with van der Waals surface area (Å²) < 4.78 is 122. The van der Waals surface area contributed by atoms with Gasteiger partial charge < -0.3 is 44.9 Å². The van der Waals surface area contributed by atoms with Crippen LogP contribution in [0.1, 0.15) is 38.8 Å². The average molecular weight is 1150 g/mol. The second-order valence-corrected chi connectivity index (χ2v) is 17.9. The Morgan fingerprint density at radius 1 is 0.625 bits per heavy atom. The first-order valence-corrected chi connectivity index (χ1v) is 23.0. The number of imide groups is 2. The highest BCUT2D eigenvalue weighted by Gasteiger charge is 2.53. The number of likely N-dealkylation sites (N-methyl/N-ethyl adjacent to an activating group) is 1. The molecule has 2 aromatic heterocycles. The molecule has 2 fully saturated rings. The van der Waals surface area contributed by atoms with Crippen LogP contribution < -0.4 is 35.2 Å². The standard InChI is InChI=1S/C24H28F3N5O5.C22H22F3N5O6.C2HF3O2/c1-23(2)21(34)32(22(35)31(23)14-16-7-9-28-10-8-16)17-5-6-19(37-24(25,26)27)18(13-17)29-20(33)15-30(3)11-12-36-4;1-21(2)19(34)30(20(35)29(21)12-13-5-7-26-8-6-13)14-3-4-16(36-22(23,24)25)15(9-14)28-17(31)10-27-11-18(32)33;3-2(4,5)1(6)7/h5-10,13H,11-12,14-15H2,1-4H3,(H,29,33);3-9,27H,10-12H2,1-2H3,(H,28,31)(H,32,33);(H,6,7). The molecule has 80 heavy (non-hydrogen) atoms. The number of amides is 8. The average Bonchev–Trinajstić information content (AvgIpc) is 3.62. The first kappa shape index (κ1) is 63.9. The van der Waals surface area contributed by atoms with E-state index in [1.54, 1.807) is 62.5 Å². The van der Waals surface area contributed by atoms with E-state index >= 15 is 0 Å². The number of carboxylic acid groups (broad SMARTS) is 2. The number of aliphatic carboxylic acids is 2. The number of methoxy groups -OCH3 is 1. The van der Waals surface area contributed by atoms with Crippen LogP contribution in [0.15, 0.2) is 85.5 Å². The molecule has 434 valence electrons. The molecule has 2 saturated heterocycles. The van der Waals surface area contributed by atoms with Gasteiger partial charge in [0.25, 0.3) is 11.8 Å². The number of nitrogens with zero attached hydrogens (tertiary/aromatic N) is 7. The molecular weight excluding hydrogens is 1100 g/mol. The Hall–Kier alpha value is -8.65. The number of carboxylic acids is 2. The van der Waals surface area contributed by atoms with E-state index in [4.69, 9.17) is 19.7 Å². The number of benzene rings is 2. The van der Waals surface area contributed by atoms with Crippen LogP contribution in [0.5, 0.6) is 11.5 Å². The number of carbonyl (C=O) groups excluding carboxylic acids is 6. The zero-order valence-corrected chi connectivity index (χ0v) is 42.9. The van der Waals surface area contributed by atoms with Gasteiger partial charge in [0.05, 0.1) is 49.0 Å². The predicted molar refractivity (Wildman–Crippen MR) is 261 cm³/mol. The van der Waals surface area contributed by atoms with Crippen LogP contribution in [0.3, 0.4) is 0 Å². The van der Waals surface area contributed by atoms with Crippen molar-refractivity contribution in [2.75, 3.05) is 67.4 Å². The summed E-state index contributed by atoms with van der Waals surface area (Å²) in [5.74, 6) is -8.18. The number of rotatable bonds is 19. The number of alkyl halides is 9. The van der Waals surface area contributed by atoms with Crippen molar-refractivity contribution in [3.8, 4) is 11.5 Å². The Balaban J connectivity index is 0.000000308. The molecule has 2 aliphatic rings. The maximum absolute atomic E-state index is 13.3. The Morgan fingerprint density at radius 2 is 1.01 bits per heavy atom. The third-order valence-corrected chi connectivity index (χ3v) is 11.2. The minimum absolute atomic E-state index is 0.0159. The Labute approximate surface area is 448 Å². The fraction of sp³-hybridized carbons (Fsp3) is 0.375. The second-order valence-electron chi connectivity index (χ2n) is 17.9. The fourth-order valence-electron chi connectivity index (χ4n) is 7.17. The molecular formula is C48H51F9N10O13. The van der Waals surface area contributed by atoms with E-state index in [1.165, 1.54) is 43.2 Å². The Bertz CT molecular complexity index is 2900. The SMILES string of the molecule is CC1(C)C(=O)N(c2ccc(OC(F)(F)F)c(NC(=O)CNCC(=O)O)c2)C(=O)N1Cc1ccncc1.COCCN(C)CC(=O)Nc1cc(N2C(=O)N(Cc3ccncc3)C(C)(C)C2=O)ccc1OC(F)(F)F.O=C(O)C(F)(F)F. The third kappa shape index (κ3) is 17.7. The van der Waals surface area contributed by atoms with Gasteiger partial charge in [-0.15, -0.1) is 26.3 Å². The monoisotopic (exact) mass is 1150 g/mol. The number of carbonyl (C=O) groups is 8. The quantitative estimate of drug-likeness (QED) is 0.0515. The zero-order valence-electron chi connectivity index (χ0n) is 42.9. The van der Waals surface area contributed by atoms with Gasteiger partial charge in [-0.1, -0.05) is 0 Å². The van der Waals surface area contributed by atoms with Gasteiger partial charge in [0, 0.05) is 51.5 Å². The van der Waals surface area contributed by atoms with Crippen molar-refractivity contribution >= 4 is 70.4 Å². The van der Waals surface area contributed by atoms with Gasteiger partial charge in [0.2, 0.25) is 11.8 Å². The number of pyridine rings is 2. The fourth-order valence-corrected chi connectivity index (χ4v) is 7.17. The van der Waals surface area contributed by atoms with Crippen molar-refractivity contribution in [3.63, 3.8) is 0 Å². The van der Waals surface area contributed by atoms with Gasteiger partial charge in [-0.3, -0.25) is 44.2 Å². The molecule has 2 aliphatic heterocycles. The highest BCUT2D eigenvalue weighted by Crippen LogP contribution is 2.40. The van der Waals surface area contributed by atoms with Crippen LogP contribution in [0.2, 0.25) is 0 Å². The van der Waals surface area contributed by atoms with E-state index in [0.29, 0.717) is 18.7 Å². The summed E-state index contributed by atoms with van der Waals surface area (Å²) in [7, 11) is 3.14. The molecule has 0 saturated carbocycles. The van der Waals surface area contributed by atoms with E-state index in [-0.39, 0.29) is 36.7 Å².